The fourth-order valence-electron chi connectivity index (χ4n) is 1.91. The van der Waals surface area contributed by atoms with Crippen LogP contribution >= 0.6 is 46.9 Å². The monoisotopic (exact) mass is 466 g/mol. The normalized spacial score (nSPS) is 10.9. The zero-order chi connectivity index (χ0) is 15.9. The third-order valence-corrected chi connectivity index (χ3v) is 4.14. The lowest BCUT2D eigenvalue weighted by atomic mass is 10.2. The first-order valence-corrected chi connectivity index (χ1v) is 8.00. The number of guanidine groups is 1. The van der Waals surface area contributed by atoms with Crippen LogP contribution in [0.1, 0.15) is 15.4 Å². The lowest BCUT2D eigenvalue weighted by Crippen LogP contribution is -2.36. The van der Waals surface area contributed by atoms with Crippen LogP contribution in [-0.4, -0.2) is 25.1 Å². The van der Waals surface area contributed by atoms with E-state index in [1.54, 1.807) is 31.6 Å². The predicted molar refractivity (Wildman–Crippen MR) is 107 cm³/mol. The van der Waals surface area contributed by atoms with Gasteiger partial charge in [0.2, 0.25) is 0 Å². The summed E-state index contributed by atoms with van der Waals surface area (Å²) < 4.78 is 5.33. The lowest BCUT2D eigenvalue weighted by Gasteiger charge is -2.13. The largest absolute Gasteiger partial charge is 0.496 e. The molecule has 0 saturated carbocycles. The highest BCUT2D eigenvalue weighted by molar-refractivity contribution is 14.0. The summed E-state index contributed by atoms with van der Waals surface area (Å²) in [5.41, 5.74) is 1.01. The van der Waals surface area contributed by atoms with Gasteiger partial charge in [0.1, 0.15) is 10.8 Å². The molecule has 0 saturated heterocycles. The van der Waals surface area contributed by atoms with Crippen molar-refractivity contribution in [2.24, 2.45) is 4.99 Å². The van der Waals surface area contributed by atoms with Gasteiger partial charge in [-0.05, 0) is 19.1 Å². The molecule has 2 aromatic rings. The molecule has 0 aliphatic heterocycles. The number of aromatic nitrogens is 1. The number of aliphatic imine (C=N–C) groups is 1. The zero-order valence-electron chi connectivity index (χ0n) is 13.2. The predicted octanol–water partition coefficient (Wildman–Crippen LogP) is 3.60. The second kappa shape index (κ2) is 9.94. The van der Waals surface area contributed by atoms with Crippen molar-refractivity contribution in [3.8, 4) is 5.75 Å². The highest BCUT2D eigenvalue weighted by Crippen LogP contribution is 2.22. The third-order valence-electron chi connectivity index (χ3n) is 3.00. The van der Waals surface area contributed by atoms with E-state index in [9.17, 15) is 0 Å². The molecule has 126 valence electrons. The van der Waals surface area contributed by atoms with Crippen molar-refractivity contribution in [3.05, 3.63) is 44.9 Å². The Labute approximate surface area is 162 Å². The van der Waals surface area contributed by atoms with E-state index < -0.39 is 0 Å². The first kappa shape index (κ1) is 20.0. The van der Waals surface area contributed by atoms with Gasteiger partial charge in [0.05, 0.1) is 13.7 Å². The van der Waals surface area contributed by atoms with Crippen LogP contribution in [0.3, 0.4) is 0 Å². The van der Waals surface area contributed by atoms with E-state index in [1.807, 2.05) is 25.3 Å². The maximum Gasteiger partial charge on any atom is 0.191 e. The molecule has 0 spiro atoms. The number of nitrogens with one attached hydrogen (secondary N) is 2. The van der Waals surface area contributed by atoms with Crippen LogP contribution in [-0.2, 0) is 13.1 Å². The Balaban J connectivity index is 0.00000264. The number of benzene rings is 1. The minimum absolute atomic E-state index is 0. The fourth-order valence-corrected chi connectivity index (χ4v) is 2.80. The molecule has 23 heavy (non-hydrogen) atoms. The Morgan fingerprint density at radius 2 is 2.09 bits per heavy atom. The molecule has 0 amide bonds. The van der Waals surface area contributed by atoms with E-state index in [0.29, 0.717) is 24.1 Å². The fraction of sp³-hybridized carbons (Fsp3) is 0.333. The Kier molecular flexibility index (Phi) is 8.64. The van der Waals surface area contributed by atoms with Gasteiger partial charge < -0.3 is 15.4 Å². The van der Waals surface area contributed by atoms with Crippen molar-refractivity contribution < 1.29 is 4.74 Å². The van der Waals surface area contributed by atoms with E-state index >= 15 is 0 Å². The molecule has 8 heteroatoms. The van der Waals surface area contributed by atoms with Crippen LogP contribution in [0.5, 0.6) is 5.75 Å². The summed E-state index contributed by atoms with van der Waals surface area (Å²) in [6, 6.07) is 5.58. The van der Waals surface area contributed by atoms with Crippen LogP contribution in [0.15, 0.2) is 29.4 Å². The maximum absolute atomic E-state index is 5.96. The van der Waals surface area contributed by atoms with Crippen molar-refractivity contribution in [1.82, 2.24) is 15.6 Å². The molecular weight excluding hydrogens is 447 g/mol. The molecule has 0 unspecified atom stereocenters. The summed E-state index contributed by atoms with van der Waals surface area (Å²) in [5.74, 6) is 1.47. The average Bonchev–Trinajstić information content (AvgIpc) is 2.94. The maximum atomic E-state index is 5.96. The van der Waals surface area contributed by atoms with Gasteiger partial charge in [-0.1, -0.05) is 17.7 Å². The first-order chi connectivity index (χ1) is 10.6. The van der Waals surface area contributed by atoms with E-state index in [2.05, 4.69) is 20.6 Å². The molecule has 0 radical (unpaired) electrons. The van der Waals surface area contributed by atoms with Crippen LogP contribution in [0.2, 0.25) is 5.02 Å². The second-order valence-corrected chi connectivity index (χ2v) is 6.36. The smallest absolute Gasteiger partial charge is 0.191 e. The lowest BCUT2D eigenvalue weighted by molar-refractivity contribution is 0.409. The Hall–Kier alpha value is -1.06. The van der Waals surface area contributed by atoms with Crippen LogP contribution in [0.25, 0.3) is 0 Å². The summed E-state index contributed by atoms with van der Waals surface area (Å²) in [7, 11) is 3.37. The quantitative estimate of drug-likeness (QED) is 0.402. The number of rotatable bonds is 5. The van der Waals surface area contributed by atoms with Crippen LogP contribution < -0.4 is 15.4 Å². The summed E-state index contributed by atoms with van der Waals surface area (Å²) in [6.45, 7) is 3.29. The standard InChI is InChI=1S/C15H19ClN4OS.HI/c1-10-7-18-14(22-10)9-20-15(17-2)19-8-11-4-5-12(16)6-13(11)21-3;/h4-7H,8-9H2,1-3H3,(H2,17,19,20);1H. The summed E-state index contributed by atoms with van der Waals surface area (Å²) >= 11 is 7.63. The number of thiazole rings is 1. The molecule has 0 aliphatic carbocycles. The van der Waals surface area contributed by atoms with Gasteiger partial charge >= 0.3 is 0 Å². The molecule has 0 bridgehead atoms. The van der Waals surface area contributed by atoms with E-state index in [0.717, 1.165) is 16.3 Å². The Morgan fingerprint density at radius 3 is 2.70 bits per heavy atom. The highest BCUT2D eigenvalue weighted by atomic mass is 127. The summed E-state index contributed by atoms with van der Waals surface area (Å²) in [6.07, 6.45) is 1.87. The second-order valence-electron chi connectivity index (χ2n) is 4.60. The molecule has 1 aromatic heterocycles. The van der Waals surface area contributed by atoms with Gasteiger partial charge in [-0.15, -0.1) is 35.3 Å². The average molecular weight is 467 g/mol. The topological polar surface area (TPSA) is 58.5 Å². The third kappa shape index (κ3) is 6.15. The molecule has 5 nitrogen and oxygen atoms in total. The molecule has 2 N–H and O–H groups in total. The number of hydrogen-bond acceptors (Lipinski definition) is 4. The minimum Gasteiger partial charge on any atom is -0.496 e. The van der Waals surface area contributed by atoms with Crippen molar-refractivity contribution in [2.75, 3.05) is 14.2 Å². The number of aryl methyl sites for hydroxylation is 1. The number of nitrogens with zero attached hydrogens (tertiary/aromatic N) is 2. The summed E-state index contributed by atoms with van der Waals surface area (Å²) in [4.78, 5) is 9.72. The highest BCUT2D eigenvalue weighted by Gasteiger charge is 2.06. The van der Waals surface area contributed by atoms with E-state index in [4.69, 9.17) is 16.3 Å². The SMILES string of the molecule is CN=C(NCc1ncc(C)s1)NCc1ccc(Cl)cc1OC.I. The molecule has 0 fully saturated rings. The number of hydrogen-bond donors (Lipinski definition) is 2. The molecule has 2 rings (SSSR count). The van der Waals surface area contributed by atoms with Gasteiger partial charge in [-0.2, -0.15) is 0 Å². The zero-order valence-corrected chi connectivity index (χ0v) is 17.1. The minimum atomic E-state index is 0. The van der Waals surface area contributed by atoms with E-state index in [-0.39, 0.29) is 24.0 Å². The molecule has 1 heterocycles. The van der Waals surface area contributed by atoms with Crippen molar-refractivity contribution >= 4 is 52.9 Å². The molecule has 1 aromatic carbocycles. The summed E-state index contributed by atoms with van der Waals surface area (Å²) in [5, 5.41) is 8.17. The van der Waals surface area contributed by atoms with Crippen LogP contribution in [0, 0.1) is 6.92 Å². The van der Waals surface area contributed by atoms with Gasteiger partial charge in [0.15, 0.2) is 5.96 Å². The van der Waals surface area contributed by atoms with Crippen molar-refractivity contribution in [2.45, 2.75) is 20.0 Å². The Morgan fingerprint density at radius 1 is 1.35 bits per heavy atom. The van der Waals surface area contributed by atoms with Crippen LogP contribution in [0.4, 0.5) is 0 Å². The van der Waals surface area contributed by atoms with Gasteiger partial charge in [0, 0.05) is 35.3 Å². The number of methoxy groups -OCH3 is 1. The van der Waals surface area contributed by atoms with Crippen molar-refractivity contribution in [1.29, 1.82) is 0 Å². The molecule has 0 atom stereocenters. The molecule has 0 aliphatic rings. The van der Waals surface area contributed by atoms with Gasteiger partial charge in [-0.25, -0.2) is 4.98 Å². The van der Waals surface area contributed by atoms with Gasteiger partial charge in [0.25, 0.3) is 0 Å². The Bertz CT molecular complexity index is 663. The van der Waals surface area contributed by atoms with Crippen molar-refractivity contribution in [3.63, 3.8) is 0 Å². The van der Waals surface area contributed by atoms with Gasteiger partial charge in [-0.3, -0.25) is 4.99 Å². The number of ether oxygens (including phenoxy) is 1. The molecular formula is C15H20ClIN4OS. The first-order valence-electron chi connectivity index (χ1n) is 6.80. The number of halogens is 2. The van der Waals surface area contributed by atoms with E-state index in [1.165, 1.54) is 4.88 Å².